The van der Waals surface area contributed by atoms with Crippen LogP contribution in [0.3, 0.4) is 0 Å². The second kappa shape index (κ2) is 9.56. The number of rotatable bonds is 10. The molecule has 1 fully saturated rings. The number of likely N-dealkylation sites (tertiary alicyclic amines) is 1. The van der Waals surface area contributed by atoms with E-state index in [1.165, 1.54) is 70.8 Å². The summed E-state index contributed by atoms with van der Waals surface area (Å²) in [6, 6.07) is 0. The van der Waals surface area contributed by atoms with Crippen LogP contribution in [0.2, 0.25) is 0 Å². The molecule has 0 atom stereocenters. The van der Waals surface area contributed by atoms with Crippen molar-refractivity contribution in [1.82, 2.24) is 14.5 Å². The molecule has 0 unspecified atom stereocenters. The number of hydrogen-bond acceptors (Lipinski definition) is 4. The fourth-order valence-corrected chi connectivity index (χ4v) is 3.16. The largest absolute Gasteiger partial charge is 0.434 e. The highest BCUT2D eigenvalue weighted by Gasteiger charge is 2.13. The predicted octanol–water partition coefficient (Wildman–Crippen LogP) is 3.62. The molecule has 1 aromatic rings. The average Bonchev–Trinajstić information content (AvgIpc) is 2.99. The molecule has 0 radical (unpaired) electrons. The summed E-state index contributed by atoms with van der Waals surface area (Å²) in [6.45, 7) is 4.55. The lowest BCUT2D eigenvalue weighted by molar-refractivity contribution is -0.396. The molecule has 1 aliphatic heterocycles. The number of imidazole rings is 1. The Labute approximate surface area is 132 Å². The highest BCUT2D eigenvalue weighted by atomic mass is 16.6. The van der Waals surface area contributed by atoms with E-state index < -0.39 is 4.92 Å². The van der Waals surface area contributed by atoms with Gasteiger partial charge in [0.2, 0.25) is 0 Å². The summed E-state index contributed by atoms with van der Waals surface area (Å²) in [5, 5.41) is 10.7. The Kier molecular flexibility index (Phi) is 7.36. The molecule has 124 valence electrons. The molecule has 1 aromatic heterocycles. The lowest BCUT2D eigenvalue weighted by atomic mass is 10.1. The van der Waals surface area contributed by atoms with Gasteiger partial charge in [-0.1, -0.05) is 37.1 Å². The Morgan fingerprint density at radius 3 is 2.32 bits per heavy atom. The third-order valence-electron chi connectivity index (χ3n) is 4.43. The van der Waals surface area contributed by atoms with Gasteiger partial charge in [-0.25, -0.2) is 4.57 Å². The second-order valence-corrected chi connectivity index (χ2v) is 6.20. The van der Waals surface area contributed by atoms with Crippen molar-refractivity contribution in [3.63, 3.8) is 0 Å². The molecule has 2 heterocycles. The first kappa shape index (κ1) is 16.9. The summed E-state index contributed by atoms with van der Waals surface area (Å²) < 4.78 is 1.64. The van der Waals surface area contributed by atoms with Crippen molar-refractivity contribution in [2.45, 2.75) is 64.3 Å². The molecular weight excluding hydrogens is 280 g/mol. The van der Waals surface area contributed by atoms with Crippen molar-refractivity contribution in [2.75, 3.05) is 19.6 Å². The first-order valence-corrected chi connectivity index (χ1v) is 8.65. The number of aryl methyl sites for hydroxylation is 1. The first-order chi connectivity index (χ1) is 10.8. The zero-order valence-corrected chi connectivity index (χ0v) is 13.5. The maximum absolute atomic E-state index is 10.7. The van der Waals surface area contributed by atoms with Gasteiger partial charge in [-0.15, -0.1) is 0 Å². The number of nitrogens with zero attached hydrogens (tertiary/aromatic N) is 4. The molecular formula is C16H28N4O2. The average molecular weight is 308 g/mol. The standard InChI is InChI=1S/C16H28N4O2/c21-20(22)16-17-10-15-19(16)14-9-4-2-1-3-6-11-18-12-7-5-8-13-18/h10,15H,1-9,11-14H2. The molecule has 0 amide bonds. The lowest BCUT2D eigenvalue weighted by Crippen LogP contribution is -2.30. The van der Waals surface area contributed by atoms with Crippen LogP contribution in [0.15, 0.2) is 12.4 Å². The van der Waals surface area contributed by atoms with E-state index in [-0.39, 0.29) is 5.95 Å². The summed E-state index contributed by atoms with van der Waals surface area (Å²) >= 11 is 0. The van der Waals surface area contributed by atoms with Crippen molar-refractivity contribution >= 4 is 5.95 Å². The maximum Gasteiger partial charge on any atom is 0.434 e. The van der Waals surface area contributed by atoms with E-state index in [0.29, 0.717) is 6.54 Å². The lowest BCUT2D eigenvalue weighted by Gasteiger charge is -2.26. The minimum atomic E-state index is -0.416. The minimum Gasteiger partial charge on any atom is -0.390 e. The van der Waals surface area contributed by atoms with Crippen LogP contribution >= 0.6 is 0 Å². The Bertz CT molecular complexity index is 441. The van der Waals surface area contributed by atoms with Crippen LogP contribution < -0.4 is 0 Å². The van der Waals surface area contributed by atoms with Crippen LogP contribution in [-0.2, 0) is 6.54 Å². The van der Waals surface area contributed by atoms with Crippen LogP contribution in [0.1, 0.15) is 57.8 Å². The summed E-state index contributed by atoms with van der Waals surface area (Å²) in [6.07, 6.45) is 14.6. The van der Waals surface area contributed by atoms with Gasteiger partial charge in [-0.05, 0) is 50.2 Å². The van der Waals surface area contributed by atoms with Crippen molar-refractivity contribution in [3.8, 4) is 0 Å². The van der Waals surface area contributed by atoms with Gasteiger partial charge in [0.15, 0.2) is 0 Å². The third kappa shape index (κ3) is 5.75. The van der Waals surface area contributed by atoms with Gasteiger partial charge in [0.25, 0.3) is 0 Å². The smallest absolute Gasteiger partial charge is 0.390 e. The van der Waals surface area contributed by atoms with E-state index >= 15 is 0 Å². The molecule has 22 heavy (non-hydrogen) atoms. The number of nitro groups is 1. The zero-order chi connectivity index (χ0) is 15.6. The van der Waals surface area contributed by atoms with Crippen LogP contribution in [0, 0.1) is 10.1 Å². The number of hydrogen-bond donors (Lipinski definition) is 0. The topological polar surface area (TPSA) is 64.2 Å². The van der Waals surface area contributed by atoms with E-state index in [1.807, 2.05) is 0 Å². The Morgan fingerprint density at radius 2 is 1.64 bits per heavy atom. The van der Waals surface area contributed by atoms with Crippen LogP contribution in [0.4, 0.5) is 5.95 Å². The predicted molar refractivity (Wildman–Crippen MR) is 86.9 cm³/mol. The van der Waals surface area contributed by atoms with Crippen molar-refractivity contribution in [2.24, 2.45) is 0 Å². The molecule has 1 aliphatic rings. The Hall–Kier alpha value is -1.43. The van der Waals surface area contributed by atoms with Gasteiger partial charge in [-0.3, -0.25) is 0 Å². The number of piperidine rings is 1. The molecule has 6 heteroatoms. The Morgan fingerprint density at radius 1 is 1.00 bits per heavy atom. The summed E-state index contributed by atoms with van der Waals surface area (Å²) in [4.78, 5) is 16.7. The van der Waals surface area contributed by atoms with E-state index in [1.54, 1.807) is 10.8 Å². The van der Waals surface area contributed by atoms with Gasteiger partial charge in [0, 0.05) is 0 Å². The van der Waals surface area contributed by atoms with Crippen LogP contribution in [0.25, 0.3) is 0 Å². The van der Waals surface area contributed by atoms with Crippen molar-refractivity contribution in [3.05, 3.63) is 22.5 Å². The summed E-state index contributed by atoms with van der Waals surface area (Å²) in [7, 11) is 0. The Balaban J connectivity index is 1.45. The van der Waals surface area contributed by atoms with E-state index in [2.05, 4.69) is 9.88 Å². The normalized spacial score (nSPS) is 16.0. The van der Waals surface area contributed by atoms with E-state index in [4.69, 9.17) is 0 Å². The molecule has 0 aromatic carbocycles. The quantitative estimate of drug-likeness (QED) is 0.376. The van der Waals surface area contributed by atoms with Gasteiger partial charge in [0.05, 0.1) is 6.54 Å². The third-order valence-corrected chi connectivity index (χ3v) is 4.43. The summed E-state index contributed by atoms with van der Waals surface area (Å²) in [5.41, 5.74) is 0. The minimum absolute atomic E-state index is 0.0402. The molecule has 1 saturated heterocycles. The fraction of sp³-hybridized carbons (Fsp3) is 0.812. The zero-order valence-electron chi connectivity index (χ0n) is 13.5. The van der Waals surface area contributed by atoms with Gasteiger partial charge in [-0.2, -0.15) is 0 Å². The second-order valence-electron chi connectivity index (χ2n) is 6.20. The molecule has 0 spiro atoms. The monoisotopic (exact) mass is 308 g/mol. The van der Waals surface area contributed by atoms with Gasteiger partial charge >= 0.3 is 5.95 Å². The highest BCUT2D eigenvalue weighted by molar-refractivity contribution is 5.06. The molecule has 0 bridgehead atoms. The molecule has 0 saturated carbocycles. The van der Waals surface area contributed by atoms with Crippen LogP contribution in [0.5, 0.6) is 0 Å². The molecule has 0 N–H and O–H groups in total. The first-order valence-electron chi connectivity index (χ1n) is 8.65. The van der Waals surface area contributed by atoms with E-state index in [0.717, 1.165) is 12.8 Å². The van der Waals surface area contributed by atoms with Crippen molar-refractivity contribution in [1.29, 1.82) is 0 Å². The molecule has 2 rings (SSSR count). The fourth-order valence-electron chi connectivity index (χ4n) is 3.16. The van der Waals surface area contributed by atoms with Gasteiger partial charge < -0.3 is 15.0 Å². The van der Waals surface area contributed by atoms with Crippen molar-refractivity contribution < 1.29 is 4.92 Å². The maximum atomic E-state index is 10.7. The highest BCUT2D eigenvalue weighted by Crippen LogP contribution is 2.13. The molecule has 0 aliphatic carbocycles. The van der Waals surface area contributed by atoms with Gasteiger partial charge in [0.1, 0.15) is 12.4 Å². The number of aromatic nitrogens is 2. The SMILES string of the molecule is O=[N+]([O-])c1nccn1CCCCCCCCN1CCCCC1. The molecule has 6 nitrogen and oxygen atoms in total. The van der Waals surface area contributed by atoms with E-state index in [9.17, 15) is 10.1 Å². The van der Waals surface area contributed by atoms with Crippen LogP contribution in [-0.4, -0.2) is 39.0 Å². The number of unbranched alkanes of at least 4 members (excludes halogenated alkanes) is 5. The summed E-state index contributed by atoms with van der Waals surface area (Å²) in [5.74, 6) is -0.0402.